The van der Waals surface area contributed by atoms with E-state index in [9.17, 15) is 18.8 Å². The van der Waals surface area contributed by atoms with Crippen LogP contribution >= 0.6 is 23.2 Å². The van der Waals surface area contributed by atoms with Crippen LogP contribution in [0, 0.1) is 11.1 Å². The van der Waals surface area contributed by atoms with Gasteiger partial charge in [-0.25, -0.2) is 9.36 Å². The quantitative estimate of drug-likeness (QED) is 0.171. The molecule has 220 valence electrons. The van der Waals surface area contributed by atoms with E-state index in [2.05, 4.69) is 20.7 Å². The molecule has 6 rings (SSSR count). The van der Waals surface area contributed by atoms with Gasteiger partial charge in [-0.1, -0.05) is 60.0 Å². The standard InChI is InChI=1S/C30H25Cl2F2N7O2/c1-17-4-2-7-22(18-5-3-6-19(12-18)28-24(36-29(17)42)14-35-41(28)30(33)34)26-10-8-20(15-40(26)43)23-13-21(31)9-11-25(23)39-16-27(32)37-38-39/h3,5-6,8-17,22,30H,2,4,7H2,1H3,(H,36,42)/t17-,22+/m1/s1. The lowest BCUT2D eigenvalue weighted by molar-refractivity contribution is -0.614. The highest BCUT2D eigenvalue weighted by Crippen LogP contribution is 2.37. The average molecular weight is 624 g/mol. The van der Waals surface area contributed by atoms with Crippen LogP contribution in [0.25, 0.3) is 28.1 Å². The van der Waals surface area contributed by atoms with Crippen molar-refractivity contribution in [3.63, 3.8) is 0 Å². The molecule has 1 N–H and O–H groups in total. The molecule has 0 saturated heterocycles. The first-order chi connectivity index (χ1) is 20.7. The van der Waals surface area contributed by atoms with Gasteiger partial charge >= 0.3 is 6.55 Å². The third kappa shape index (κ3) is 5.70. The summed E-state index contributed by atoms with van der Waals surface area (Å²) in [7, 11) is 0. The number of amides is 1. The smallest absolute Gasteiger partial charge is 0.333 e. The molecule has 43 heavy (non-hydrogen) atoms. The molecule has 3 aromatic heterocycles. The first kappa shape index (κ1) is 28.8. The summed E-state index contributed by atoms with van der Waals surface area (Å²) >= 11 is 12.3. The number of nitrogens with zero attached hydrogens (tertiary/aromatic N) is 6. The second kappa shape index (κ2) is 11.7. The second-order valence-corrected chi connectivity index (χ2v) is 11.3. The van der Waals surface area contributed by atoms with E-state index in [1.165, 1.54) is 17.1 Å². The molecule has 0 fully saturated rings. The number of pyridine rings is 1. The predicted octanol–water partition coefficient (Wildman–Crippen LogP) is 7.02. The summed E-state index contributed by atoms with van der Waals surface area (Å²) < 4.78 is 30.8. The molecule has 2 aromatic carbocycles. The van der Waals surface area contributed by atoms with E-state index in [0.717, 1.165) is 10.3 Å². The van der Waals surface area contributed by atoms with Gasteiger partial charge in [0.15, 0.2) is 17.0 Å². The average Bonchev–Trinajstić information content (AvgIpc) is 3.61. The van der Waals surface area contributed by atoms with Gasteiger partial charge in [0.05, 0.1) is 35.4 Å². The van der Waals surface area contributed by atoms with Gasteiger partial charge in [-0.2, -0.15) is 18.6 Å². The van der Waals surface area contributed by atoms with Crippen LogP contribution in [0.4, 0.5) is 14.5 Å². The van der Waals surface area contributed by atoms with Gasteiger partial charge < -0.3 is 10.5 Å². The number of anilines is 1. The van der Waals surface area contributed by atoms with E-state index in [-0.39, 0.29) is 34.3 Å². The van der Waals surface area contributed by atoms with Crippen LogP contribution in [0.3, 0.4) is 0 Å². The fraction of sp³-hybridized carbons (Fsp3) is 0.233. The molecule has 0 spiro atoms. The maximum atomic E-state index is 13.9. The molecule has 1 aliphatic heterocycles. The number of nitrogens with one attached hydrogen (secondary N) is 1. The lowest BCUT2D eigenvalue weighted by atomic mass is 9.86. The van der Waals surface area contributed by atoms with Gasteiger partial charge in [0.1, 0.15) is 0 Å². The van der Waals surface area contributed by atoms with E-state index in [1.54, 1.807) is 55.6 Å². The first-order valence-corrected chi connectivity index (χ1v) is 14.3. The zero-order chi connectivity index (χ0) is 30.2. The molecule has 4 heterocycles. The molecule has 0 unspecified atom stereocenters. The van der Waals surface area contributed by atoms with Crippen LogP contribution in [0.5, 0.6) is 0 Å². The van der Waals surface area contributed by atoms with E-state index >= 15 is 0 Å². The minimum atomic E-state index is -2.91. The molecular formula is C30H25Cl2F2N7O2. The minimum Gasteiger partial charge on any atom is -0.618 e. The highest BCUT2D eigenvalue weighted by atomic mass is 35.5. The lowest BCUT2D eigenvalue weighted by Crippen LogP contribution is -2.34. The summed E-state index contributed by atoms with van der Waals surface area (Å²) in [5.74, 6) is -1.03. The maximum absolute atomic E-state index is 13.9. The van der Waals surface area contributed by atoms with Gasteiger partial charge in [0, 0.05) is 33.7 Å². The van der Waals surface area contributed by atoms with Gasteiger partial charge in [-0.15, -0.1) is 5.10 Å². The van der Waals surface area contributed by atoms with Crippen molar-refractivity contribution in [3.8, 4) is 28.1 Å². The van der Waals surface area contributed by atoms with E-state index < -0.39 is 6.55 Å². The minimum absolute atomic E-state index is 0.101. The molecule has 0 radical (unpaired) electrons. The van der Waals surface area contributed by atoms with Crippen LogP contribution in [0.2, 0.25) is 10.2 Å². The largest absolute Gasteiger partial charge is 0.618 e. The Morgan fingerprint density at radius 2 is 1.93 bits per heavy atom. The zero-order valence-electron chi connectivity index (χ0n) is 22.8. The number of alkyl halides is 2. The molecule has 0 saturated carbocycles. The lowest BCUT2D eigenvalue weighted by Gasteiger charge is -2.21. The Kier molecular flexibility index (Phi) is 7.85. The van der Waals surface area contributed by atoms with Gasteiger partial charge in [-0.3, -0.25) is 4.79 Å². The summed E-state index contributed by atoms with van der Waals surface area (Å²) in [6, 6.07) is 15.9. The summed E-state index contributed by atoms with van der Waals surface area (Å²) in [5, 5.41) is 28.9. The third-order valence-corrected chi connectivity index (χ3v) is 8.07. The van der Waals surface area contributed by atoms with Gasteiger partial charge in [0.2, 0.25) is 5.91 Å². The second-order valence-electron chi connectivity index (χ2n) is 10.4. The molecule has 1 amide bonds. The Hall–Kier alpha value is -4.35. The monoisotopic (exact) mass is 623 g/mol. The van der Waals surface area contributed by atoms with Crippen LogP contribution < -0.4 is 10.0 Å². The number of halogens is 4. The highest BCUT2D eigenvalue weighted by molar-refractivity contribution is 6.31. The Morgan fingerprint density at radius 1 is 1.09 bits per heavy atom. The number of rotatable bonds is 4. The SMILES string of the molecule is C[C@@H]1CCC[C@H](c2ccc(-c3cc(Cl)ccc3-n3cc(Cl)nn3)c[n+]2[O-])c2cccc(c2)-c2c(cnn2C(F)F)NC1=O. The van der Waals surface area contributed by atoms with Crippen molar-refractivity contribution in [2.24, 2.45) is 5.92 Å². The Labute approximate surface area is 255 Å². The Morgan fingerprint density at radius 3 is 2.67 bits per heavy atom. The molecule has 13 heteroatoms. The zero-order valence-corrected chi connectivity index (χ0v) is 24.3. The molecule has 9 nitrogen and oxygen atoms in total. The molecule has 2 atom stereocenters. The summed E-state index contributed by atoms with van der Waals surface area (Å²) in [5.41, 5.74) is 3.90. The van der Waals surface area contributed by atoms with Gasteiger partial charge in [0.25, 0.3) is 0 Å². The first-order valence-electron chi connectivity index (χ1n) is 13.6. The third-order valence-electron chi connectivity index (χ3n) is 7.66. The van der Waals surface area contributed by atoms with Crippen molar-refractivity contribution in [2.75, 3.05) is 5.32 Å². The topological polar surface area (TPSA) is 105 Å². The van der Waals surface area contributed by atoms with E-state index in [0.29, 0.717) is 57.0 Å². The number of aromatic nitrogens is 6. The van der Waals surface area contributed by atoms with E-state index in [1.807, 2.05) is 12.1 Å². The van der Waals surface area contributed by atoms with E-state index in [4.69, 9.17) is 23.2 Å². The Balaban J connectivity index is 1.44. The predicted molar refractivity (Wildman–Crippen MR) is 158 cm³/mol. The molecular weight excluding hydrogens is 599 g/mol. The van der Waals surface area contributed by atoms with Crippen molar-refractivity contribution in [1.82, 2.24) is 24.8 Å². The number of benzene rings is 2. The van der Waals surface area contributed by atoms with Crippen LogP contribution in [-0.2, 0) is 4.79 Å². The van der Waals surface area contributed by atoms with Crippen molar-refractivity contribution < 1.29 is 18.3 Å². The fourth-order valence-corrected chi connectivity index (χ4v) is 5.81. The molecule has 1 aliphatic rings. The molecule has 0 aliphatic carbocycles. The van der Waals surface area contributed by atoms with Crippen LogP contribution in [0.1, 0.15) is 49.9 Å². The molecule has 2 bridgehead atoms. The van der Waals surface area contributed by atoms with Gasteiger partial charge in [-0.05, 0) is 48.7 Å². The fourth-order valence-electron chi connectivity index (χ4n) is 5.51. The normalized spacial score (nSPS) is 17.2. The summed E-state index contributed by atoms with van der Waals surface area (Å²) in [4.78, 5) is 12.9. The molecule has 5 aromatic rings. The van der Waals surface area contributed by atoms with Crippen molar-refractivity contribution in [3.05, 3.63) is 99.8 Å². The summed E-state index contributed by atoms with van der Waals surface area (Å²) in [6.07, 6.45) is 6.03. The maximum Gasteiger partial charge on any atom is 0.333 e. The van der Waals surface area contributed by atoms with Crippen molar-refractivity contribution in [2.45, 2.75) is 38.7 Å². The summed E-state index contributed by atoms with van der Waals surface area (Å²) in [6.45, 7) is -1.12. The number of carbonyl (C=O) groups excluding carboxylic acids is 1. The van der Waals surface area contributed by atoms with Crippen molar-refractivity contribution in [1.29, 1.82) is 0 Å². The number of hydrogen-bond acceptors (Lipinski definition) is 5. The van der Waals surface area contributed by atoms with Crippen LogP contribution in [0.15, 0.2) is 73.2 Å². The Bertz CT molecular complexity index is 1820. The van der Waals surface area contributed by atoms with Crippen LogP contribution in [-0.4, -0.2) is 30.7 Å². The highest BCUT2D eigenvalue weighted by Gasteiger charge is 2.28. The number of carbonyl (C=O) groups is 1. The number of fused-ring (bicyclic) bond motifs is 4. The van der Waals surface area contributed by atoms with Crippen molar-refractivity contribution >= 4 is 34.8 Å². The number of hydrogen-bond donors (Lipinski definition) is 1.